The van der Waals surface area contributed by atoms with Crippen molar-refractivity contribution < 1.29 is 13.3 Å². The fourth-order valence-electron chi connectivity index (χ4n) is 4.74. The summed E-state index contributed by atoms with van der Waals surface area (Å²) in [6, 6.07) is 28.9. The highest BCUT2D eigenvalue weighted by molar-refractivity contribution is 8.00. The molecule has 1 heterocycles. The van der Waals surface area contributed by atoms with Crippen LogP contribution in [0.25, 0.3) is 10.8 Å². The first-order valence-electron chi connectivity index (χ1n) is 11.4. The summed E-state index contributed by atoms with van der Waals surface area (Å²) in [7, 11) is -3.90. The van der Waals surface area contributed by atoms with Crippen LogP contribution < -0.4 is 0 Å². The highest BCUT2D eigenvalue weighted by Gasteiger charge is 2.41. The summed E-state index contributed by atoms with van der Waals surface area (Å²) >= 11 is 1.70. The van der Waals surface area contributed by atoms with Gasteiger partial charge in [0, 0.05) is 28.8 Å². The zero-order valence-corrected chi connectivity index (χ0v) is 20.5. The van der Waals surface area contributed by atoms with Crippen molar-refractivity contribution in [2.24, 2.45) is 0 Å². The average molecular weight is 505 g/mol. The SMILES string of the molecule is O=[N+]([O-])c1ccc(S(=O)(=O)N2CCC[C@H](Sc3ccccc3)[C@H]2c2cccc3ccccc23)cc1. The summed E-state index contributed by atoms with van der Waals surface area (Å²) in [5.41, 5.74) is 0.840. The van der Waals surface area contributed by atoms with Crippen LogP contribution in [0, 0.1) is 10.1 Å². The van der Waals surface area contributed by atoms with E-state index in [1.54, 1.807) is 16.1 Å². The Labute approximate surface area is 208 Å². The van der Waals surface area contributed by atoms with E-state index in [0.717, 1.165) is 34.1 Å². The number of nitro groups is 1. The molecule has 1 saturated heterocycles. The van der Waals surface area contributed by atoms with Gasteiger partial charge < -0.3 is 0 Å². The van der Waals surface area contributed by atoms with Crippen LogP contribution in [0.2, 0.25) is 0 Å². The van der Waals surface area contributed by atoms with Crippen molar-refractivity contribution in [2.75, 3.05) is 6.54 Å². The predicted molar refractivity (Wildman–Crippen MR) is 139 cm³/mol. The van der Waals surface area contributed by atoms with Crippen LogP contribution in [-0.2, 0) is 10.0 Å². The number of sulfonamides is 1. The van der Waals surface area contributed by atoms with Gasteiger partial charge in [-0.2, -0.15) is 4.31 Å². The van der Waals surface area contributed by atoms with E-state index in [-0.39, 0.29) is 21.9 Å². The summed E-state index contributed by atoms with van der Waals surface area (Å²) in [5, 5.41) is 13.2. The van der Waals surface area contributed by atoms with Gasteiger partial charge >= 0.3 is 0 Å². The molecule has 5 rings (SSSR count). The third-order valence-electron chi connectivity index (χ3n) is 6.36. The van der Waals surface area contributed by atoms with Crippen LogP contribution >= 0.6 is 11.8 Å². The molecule has 0 N–H and O–H groups in total. The standard InChI is InChI=1S/C27H24N2O4S2/c30-29(31)21-15-17-23(18-16-21)35(32,33)28-19-7-14-26(34-22-10-2-1-3-11-22)27(28)25-13-6-9-20-8-4-5-12-24(20)25/h1-6,8-13,15-18,26-27H,7,14,19H2/t26-,27+/m0/s1. The first-order valence-corrected chi connectivity index (χ1v) is 13.7. The Morgan fingerprint density at radius 3 is 2.29 bits per heavy atom. The number of nitro benzene ring substituents is 1. The molecule has 0 aliphatic carbocycles. The molecule has 6 nitrogen and oxygen atoms in total. The van der Waals surface area contributed by atoms with Gasteiger partial charge in [0.25, 0.3) is 5.69 Å². The zero-order valence-electron chi connectivity index (χ0n) is 18.9. The monoisotopic (exact) mass is 504 g/mol. The van der Waals surface area contributed by atoms with E-state index in [1.165, 1.54) is 24.3 Å². The van der Waals surface area contributed by atoms with E-state index in [0.29, 0.717) is 6.54 Å². The third kappa shape index (κ3) is 4.69. The highest BCUT2D eigenvalue weighted by atomic mass is 32.2. The minimum atomic E-state index is -3.90. The smallest absolute Gasteiger partial charge is 0.258 e. The number of hydrogen-bond donors (Lipinski definition) is 0. The van der Waals surface area contributed by atoms with Gasteiger partial charge in [-0.05, 0) is 53.4 Å². The Morgan fingerprint density at radius 2 is 1.54 bits per heavy atom. The fraction of sp³-hybridized carbons (Fsp3) is 0.185. The van der Waals surface area contributed by atoms with Crippen LogP contribution in [0.3, 0.4) is 0 Å². The molecule has 178 valence electrons. The second-order valence-corrected chi connectivity index (χ2v) is 11.7. The Kier molecular flexibility index (Phi) is 6.60. The number of fused-ring (bicyclic) bond motifs is 1. The van der Waals surface area contributed by atoms with Crippen molar-refractivity contribution >= 4 is 38.2 Å². The van der Waals surface area contributed by atoms with Crippen molar-refractivity contribution in [3.8, 4) is 0 Å². The number of hydrogen-bond acceptors (Lipinski definition) is 5. The quantitative estimate of drug-likeness (QED) is 0.223. The largest absolute Gasteiger partial charge is 0.269 e. The van der Waals surface area contributed by atoms with Gasteiger partial charge in [-0.1, -0.05) is 60.7 Å². The fourth-order valence-corrected chi connectivity index (χ4v) is 7.86. The summed E-state index contributed by atoms with van der Waals surface area (Å²) < 4.78 is 29.5. The van der Waals surface area contributed by atoms with E-state index >= 15 is 0 Å². The van der Waals surface area contributed by atoms with Crippen LogP contribution in [0.4, 0.5) is 5.69 Å². The van der Waals surface area contributed by atoms with E-state index in [2.05, 4.69) is 12.1 Å². The lowest BCUT2D eigenvalue weighted by Crippen LogP contribution is -2.44. The Hall–Kier alpha value is -3.20. The van der Waals surface area contributed by atoms with Gasteiger partial charge in [0.05, 0.1) is 15.9 Å². The molecule has 2 atom stereocenters. The number of piperidine rings is 1. The van der Waals surface area contributed by atoms with Crippen LogP contribution in [0.15, 0.2) is 107 Å². The molecule has 4 aromatic rings. The van der Waals surface area contributed by atoms with Crippen molar-refractivity contribution in [1.29, 1.82) is 0 Å². The first-order chi connectivity index (χ1) is 16.9. The number of benzene rings is 4. The van der Waals surface area contributed by atoms with Crippen molar-refractivity contribution in [3.63, 3.8) is 0 Å². The number of thioether (sulfide) groups is 1. The molecule has 0 spiro atoms. The maximum Gasteiger partial charge on any atom is 0.269 e. The molecular weight excluding hydrogens is 480 g/mol. The Bertz CT molecular complexity index is 1450. The predicted octanol–water partition coefficient (Wildman–Crippen LogP) is 6.43. The lowest BCUT2D eigenvalue weighted by Gasteiger charge is -2.41. The summed E-state index contributed by atoms with van der Waals surface area (Å²) in [6.45, 7) is 0.388. The molecule has 0 saturated carbocycles. The van der Waals surface area contributed by atoms with Crippen molar-refractivity contribution in [2.45, 2.75) is 33.9 Å². The summed E-state index contributed by atoms with van der Waals surface area (Å²) in [6.07, 6.45) is 1.61. The van der Waals surface area contributed by atoms with Gasteiger partial charge in [0.2, 0.25) is 10.0 Å². The molecule has 0 radical (unpaired) electrons. The molecular formula is C27H24N2O4S2. The van der Waals surface area contributed by atoms with Crippen LogP contribution in [0.5, 0.6) is 0 Å². The normalized spacial score (nSPS) is 19.0. The van der Waals surface area contributed by atoms with Gasteiger partial charge in [-0.15, -0.1) is 11.8 Å². The van der Waals surface area contributed by atoms with Crippen LogP contribution in [-0.4, -0.2) is 29.4 Å². The number of nitrogens with zero attached hydrogens (tertiary/aromatic N) is 2. The maximum atomic E-state index is 13.9. The second-order valence-electron chi connectivity index (χ2n) is 8.49. The lowest BCUT2D eigenvalue weighted by molar-refractivity contribution is -0.384. The van der Waals surface area contributed by atoms with E-state index < -0.39 is 14.9 Å². The van der Waals surface area contributed by atoms with E-state index in [4.69, 9.17) is 0 Å². The van der Waals surface area contributed by atoms with Crippen LogP contribution in [0.1, 0.15) is 24.4 Å². The molecule has 0 unspecified atom stereocenters. The Morgan fingerprint density at radius 1 is 0.857 bits per heavy atom. The molecule has 35 heavy (non-hydrogen) atoms. The van der Waals surface area contributed by atoms with Gasteiger partial charge in [-0.3, -0.25) is 10.1 Å². The molecule has 1 aliphatic heterocycles. The highest BCUT2D eigenvalue weighted by Crippen LogP contribution is 2.45. The van der Waals surface area contributed by atoms with Gasteiger partial charge in [0.15, 0.2) is 0 Å². The third-order valence-corrected chi connectivity index (χ3v) is 9.59. The summed E-state index contributed by atoms with van der Waals surface area (Å²) in [5.74, 6) is 0. The molecule has 4 aromatic carbocycles. The zero-order chi connectivity index (χ0) is 24.4. The minimum Gasteiger partial charge on any atom is -0.258 e. The molecule has 0 amide bonds. The van der Waals surface area contributed by atoms with Gasteiger partial charge in [-0.25, -0.2) is 8.42 Å². The van der Waals surface area contributed by atoms with E-state index in [1.807, 2.05) is 60.7 Å². The lowest BCUT2D eigenvalue weighted by atomic mass is 9.92. The summed E-state index contributed by atoms with van der Waals surface area (Å²) in [4.78, 5) is 11.7. The van der Waals surface area contributed by atoms with Crippen molar-refractivity contribution in [1.82, 2.24) is 4.31 Å². The minimum absolute atomic E-state index is 0.00443. The molecule has 8 heteroatoms. The molecule has 1 aliphatic rings. The number of rotatable bonds is 6. The van der Waals surface area contributed by atoms with E-state index in [9.17, 15) is 18.5 Å². The molecule has 0 bridgehead atoms. The second kappa shape index (κ2) is 9.81. The number of non-ortho nitro benzene ring substituents is 1. The Balaban J connectivity index is 1.62. The first kappa shape index (κ1) is 23.5. The molecule has 0 aromatic heterocycles. The average Bonchev–Trinajstić information content (AvgIpc) is 2.89. The molecule has 1 fully saturated rings. The maximum absolute atomic E-state index is 13.9. The van der Waals surface area contributed by atoms with Crippen molar-refractivity contribution in [3.05, 3.63) is 113 Å². The topological polar surface area (TPSA) is 80.5 Å². The van der Waals surface area contributed by atoms with Gasteiger partial charge in [0.1, 0.15) is 0 Å².